The Bertz CT molecular complexity index is 725. The standard InChI is InChI=1S/C19H19NO4/c1-2-12-20-17(21)13-24-19(23)16-11-7-6-10-15(16)18(22)14-8-4-3-5-9-14/h3-11H,2,12-13H2,1H3,(H,20,21). The summed E-state index contributed by atoms with van der Waals surface area (Å²) in [7, 11) is 0. The third-order valence-corrected chi connectivity index (χ3v) is 3.33. The topological polar surface area (TPSA) is 72.5 Å². The fourth-order valence-corrected chi connectivity index (χ4v) is 2.13. The van der Waals surface area contributed by atoms with Gasteiger partial charge in [0.25, 0.3) is 5.91 Å². The predicted octanol–water partition coefficient (Wildman–Crippen LogP) is 2.60. The van der Waals surface area contributed by atoms with Gasteiger partial charge in [0.05, 0.1) is 5.56 Å². The summed E-state index contributed by atoms with van der Waals surface area (Å²) in [4.78, 5) is 36.3. The average molecular weight is 325 g/mol. The number of carbonyl (C=O) groups is 3. The van der Waals surface area contributed by atoms with E-state index in [9.17, 15) is 14.4 Å². The third-order valence-electron chi connectivity index (χ3n) is 3.33. The number of hydrogen-bond donors (Lipinski definition) is 1. The van der Waals surface area contributed by atoms with Gasteiger partial charge in [0, 0.05) is 17.7 Å². The fourth-order valence-electron chi connectivity index (χ4n) is 2.13. The van der Waals surface area contributed by atoms with E-state index in [-0.39, 0.29) is 29.4 Å². The number of rotatable bonds is 7. The van der Waals surface area contributed by atoms with Crippen molar-refractivity contribution >= 4 is 17.7 Å². The van der Waals surface area contributed by atoms with Gasteiger partial charge in [-0.05, 0) is 12.5 Å². The lowest BCUT2D eigenvalue weighted by atomic mass is 9.98. The molecule has 5 nitrogen and oxygen atoms in total. The van der Waals surface area contributed by atoms with Crippen molar-refractivity contribution < 1.29 is 19.1 Å². The molecule has 2 aromatic carbocycles. The molecule has 2 rings (SSSR count). The zero-order valence-corrected chi connectivity index (χ0v) is 13.5. The lowest BCUT2D eigenvalue weighted by Crippen LogP contribution is -2.29. The molecular formula is C19H19NO4. The van der Waals surface area contributed by atoms with Gasteiger partial charge in [0.2, 0.25) is 0 Å². The highest BCUT2D eigenvalue weighted by atomic mass is 16.5. The Kier molecular flexibility index (Phi) is 6.25. The second kappa shape index (κ2) is 8.62. The molecule has 0 bridgehead atoms. The lowest BCUT2D eigenvalue weighted by molar-refractivity contribution is -0.124. The average Bonchev–Trinajstić information content (AvgIpc) is 2.64. The fraction of sp³-hybridized carbons (Fsp3) is 0.211. The Morgan fingerprint density at radius 1 is 0.917 bits per heavy atom. The van der Waals surface area contributed by atoms with Crippen LogP contribution in [0, 0.1) is 0 Å². The van der Waals surface area contributed by atoms with E-state index in [1.54, 1.807) is 42.5 Å². The maximum absolute atomic E-state index is 12.6. The van der Waals surface area contributed by atoms with Crippen molar-refractivity contribution in [2.24, 2.45) is 0 Å². The first kappa shape index (κ1) is 17.4. The Labute approximate surface area is 140 Å². The van der Waals surface area contributed by atoms with Crippen molar-refractivity contribution in [1.29, 1.82) is 0 Å². The number of ether oxygens (including phenoxy) is 1. The van der Waals surface area contributed by atoms with Crippen molar-refractivity contribution in [3.8, 4) is 0 Å². The first-order chi connectivity index (χ1) is 11.6. The molecule has 1 amide bonds. The van der Waals surface area contributed by atoms with Crippen molar-refractivity contribution in [2.45, 2.75) is 13.3 Å². The molecule has 0 heterocycles. The van der Waals surface area contributed by atoms with Gasteiger partial charge >= 0.3 is 5.97 Å². The molecule has 0 fully saturated rings. The van der Waals surface area contributed by atoms with Gasteiger partial charge in [0.15, 0.2) is 12.4 Å². The van der Waals surface area contributed by atoms with Gasteiger partial charge in [0.1, 0.15) is 0 Å². The summed E-state index contributed by atoms with van der Waals surface area (Å²) in [6.07, 6.45) is 0.800. The number of esters is 1. The van der Waals surface area contributed by atoms with Crippen molar-refractivity contribution in [2.75, 3.05) is 13.2 Å². The van der Waals surface area contributed by atoms with Crippen molar-refractivity contribution in [1.82, 2.24) is 5.32 Å². The predicted molar refractivity (Wildman–Crippen MR) is 89.9 cm³/mol. The Morgan fingerprint density at radius 2 is 1.54 bits per heavy atom. The van der Waals surface area contributed by atoms with Crippen LogP contribution in [-0.2, 0) is 9.53 Å². The van der Waals surface area contributed by atoms with Crippen molar-refractivity contribution in [3.05, 3.63) is 71.3 Å². The summed E-state index contributed by atoms with van der Waals surface area (Å²) in [5.74, 6) is -1.32. The van der Waals surface area contributed by atoms with Crippen LogP contribution in [0.5, 0.6) is 0 Å². The molecule has 0 saturated carbocycles. The van der Waals surface area contributed by atoms with Gasteiger partial charge in [-0.1, -0.05) is 55.5 Å². The van der Waals surface area contributed by atoms with Crippen LogP contribution in [0.15, 0.2) is 54.6 Å². The Morgan fingerprint density at radius 3 is 2.21 bits per heavy atom. The molecule has 0 atom stereocenters. The molecule has 24 heavy (non-hydrogen) atoms. The molecule has 1 N–H and O–H groups in total. The Balaban J connectivity index is 2.12. The van der Waals surface area contributed by atoms with Crippen LogP contribution in [0.25, 0.3) is 0 Å². The summed E-state index contributed by atoms with van der Waals surface area (Å²) in [5.41, 5.74) is 0.885. The van der Waals surface area contributed by atoms with Crippen LogP contribution in [0.4, 0.5) is 0 Å². The molecule has 0 aliphatic carbocycles. The van der Waals surface area contributed by atoms with E-state index in [0.717, 1.165) is 6.42 Å². The number of carbonyl (C=O) groups excluding carboxylic acids is 3. The monoisotopic (exact) mass is 325 g/mol. The molecule has 0 aromatic heterocycles. The van der Waals surface area contributed by atoms with E-state index < -0.39 is 5.97 Å². The minimum Gasteiger partial charge on any atom is -0.452 e. The number of ketones is 1. The Hall–Kier alpha value is -2.95. The molecule has 0 spiro atoms. The first-order valence-corrected chi connectivity index (χ1v) is 7.76. The first-order valence-electron chi connectivity index (χ1n) is 7.76. The second-order valence-corrected chi connectivity index (χ2v) is 5.17. The summed E-state index contributed by atoms with van der Waals surface area (Å²) in [6, 6.07) is 15.1. The van der Waals surface area contributed by atoms with Gasteiger partial charge in [-0.2, -0.15) is 0 Å². The third kappa shape index (κ3) is 4.52. The van der Waals surface area contributed by atoms with E-state index >= 15 is 0 Å². The molecule has 0 aliphatic rings. The molecule has 0 aliphatic heterocycles. The van der Waals surface area contributed by atoms with Crippen LogP contribution in [0.3, 0.4) is 0 Å². The zero-order valence-electron chi connectivity index (χ0n) is 13.5. The van der Waals surface area contributed by atoms with E-state index in [1.165, 1.54) is 6.07 Å². The number of benzene rings is 2. The number of amides is 1. The highest BCUT2D eigenvalue weighted by molar-refractivity contribution is 6.14. The SMILES string of the molecule is CCCNC(=O)COC(=O)c1ccccc1C(=O)c1ccccc1. The molecular weight excluding hydrogens is 306 g/mol. The van der Waals surface area contributed by atoms with Crippen LogP contribution in [-0.4, -0.2) is 30.8 Å². The summed E-state index contributed by atoms with van der Waals surface area (Å²) < 4.78 is 5.01. The maximum atomic E-state index is 12.6. The molecule has 0 radical (unpaired) electrons. The number of nitrogens with one attached hydrogen (secondary N) is 1. The van der Waals surface area contributed by atoms with Crippen LogP contribution in [0.2, 0.25) is 0 Å². The summed E-state index contributed by atoms with van der Waals surface area (Å²) in [5, 5.41) is 2.62. The van der Waals surface area contributed by atoms with E-state index in [0.29, 0.717) is 12.1 Å². The van der Waals surface area contributed by atoms with E-state index in [4.69, 9.17) is 4.74 Å². The largest absolute Gasteiger partial charge is 0.452 e. The minimum absolute atomic E-state index is 0.148. The van der Waals surface area contributed by atoms with Gasteiger partial charge in [-0.3, -0.25) is 9.59 Å². The molecule has 0 saturated heterocycles. The quantitative estimate of drug-likeness (QED) is 0.627. The highest BCUT2D eigenvalue weighted by Gasteiger charge is 2.19. The second-order valence-electron chi connectivity index (χ2n) is 5.17. The maximum Gasteiger partial charge on any atom is 0.339 e. The van der Waals surface area contributed by atoms with Gasteiger partial charge in [-0.25, -0.2) is 4.79 Å². The van der Waals surface area contributed by atoms with Crippen LogP contribution < -0.4 is 5.32 Å². The smallest absolute Gasteiger partial charge is 0.339 e. The minimum atomic E-state index is -0.693. The lowest BCUT2D eigenvalue weighted by Gasteiger charge is -2.09. The van der Waals surface area contributed by atoms with E-state index in [1.807, 2.05) is 13.0 Å². The van der Waals surface area contributed by atoms with E-state index in [2.05, 4.69) is 5.32 Å². The molecule has 0 unspecified atom stereocenters. The zero-order chi connectivity index (χ0) is 17.4. The summed E-state index contributed by atoms with van der Waals surface area (Å²) >= 11 is 0. The number of hydrogen-bond acceptors (Lipinski definition) is 4. The molecule has 124 valence electrons. The molecule has 2 aromatic rings. The van der Waals surface area contributed by atoms with Gasteiger partial charge in [-0.15, -0.1) is 0 Å². The normalized spacial score (nSPS) is 10.0. The van der Waals surface area contributed by atoms with Crippen LogP contribution in [0.1, 0.15) is 39.6 Å². The highest BCUT2D eigenvalue weighted by Crippen LogP contribution is 2.15. The van der Waals surface area contributed by atoms with Crippen molar-refractivity contribution in [3.63, 3.8) is 0 Å². The molecule has 5 heteroatoms. The van der Waals surface area contributed by atoms with Crippen LogP contribution >= 0.6 is 0 Å². The van der Waals surface area contributed by atoms with Gasteiger partial charge < -0.3 is 10.1 Å². The summed E-state index contributed by atoms with van der Waals surface area (Å²) in [6.45, 7) is 2.09.